The summed E-state index contributed by atoms with van der Waals surface area (Å²) in [4.78, 5) is 21.0. The Kier molecular flexibility index (Phi) is 2.89. The molecule has 5 nitrogen and oxygen atoms in total. The molecule has 0 spiro atoms. The molecule has 1 N–H and O–H groups in total. The summed E-state index contributed by atoms with van der Waals surface area (Å²) in [6.07, 6.45) is 3.24. The topological polar surface area (TPSA) is 53.9 Å². The van der Waals surface area contributed by atoms with Crippen LogP contribution < -0.4 is 0 Å². The molecular weight excluding hydrogens is 260 g/mol. The van der Waals surface area contributed by atoms with Gasteiger partial charge >= 0.3 is 0 Å². The van der Waals surface area contributed by atoms with Gasteiger partial charge in [0.2, 0.25) is 5.91 Å². The molecule has 1 saturated heterocycles. The Morgan fingerprint density at radius 3 is 3.05 bits per heavy atom. The van der Waals surface area contributed by atoms with E-state index in [4.69, 9.17) is 12.2 Å². The molecule has 2 aromatic rings. The van der Waals surface area contributed by atoms with E-state index in [0.29, 0.717) is 17.7 Å². The molecule has 3 rings (SSSR count). The predicted octanol–water partition coefficient (Wildman–Crippen LogP) is 2.20. The summed E-state index contributed by atoms with van der Waals surface area (Å²) in [6.45, 7) is 2.70. The monoisotopic (exact) mass is 276 g/mol. The van der Waals surface area contributed by atoms with Gasteiger partial charge in [-0.15, -0.1) is 0 Å². The third-order valence-electron chi connectivity index (χ3n) is 3.66. The number of aromatic nitrogens is 3. The van der Waals surface area contributed by atoms with Crippen molar-refractivity contribution in [1.29, 1.82) is 0 Å². The van der Waals surface area contributed by atoms with E-state index in [2.05, 4.69) is 9.97 Å². The first kappa shape index (κ1) is 12.3. The van der Waals surface area contributed by atoms with Crippen LogP contribution in [0.25, 0.3) is 11.2 Å². The highest BCUT2D eigenvalue weighted by Crippen LogP contribution is 2.25. The minimum absolute atomic E-state index is 0.200. The van der Waals surface area contributed by atoms with Gasteiger partial charge in [0.15, 0.2) is 10.4 Å². The molecule has 100 valence electrons. The number of amides is 1. The van der Waals surface area contributed by atoms with Crippen LogP contribution in [0.5, 0.6) is 0 Å². The zero-order valence-electron chi connectivity index (χ0n) is 11.0. The van der Waals surface area contributed by atoms with Gasteiger partial charge in [-0.3, -0.25) is 9.36 Å². The first-order valence-electron chi connectivity index (χ1n) is 6.37. The van der Waals surface area contributed by atoms with Crippen LogP contribution in [0.1, 0.15) is 24.4 Å². The standard InChI is InChI=1S/C13H16N4OS/c1-8-5-10-12(14-6-8)17(13(19)15-10)9-3-4-11(18)16(2)7-9/h5-6,9H,3-4,7H2,1-2H3,(H,15,19). The maximum absolute atomic E-state index is 11.6. The number of rotatable bonds is 1. The summed E-state index contributed by atoms with van der Waals surface area (Å²) >= 11 is 5.41. The molecule has 0 saturated carbocycles. The number of pyridine rings is 1. The first-order valence-corrected chi connectivity index (χ1v) is 6.78. The van der Waals surface area contributed by atoms with Crippen molar-refractivity contribution in [3.8, 4) is 0 Å². The van der Waals surface area contributed by atoms with Crippen molar-refractivity contribution >= 4 is 29.3 Å². The molecule has 19 heavy (non-hydrogen) atoms. The molecule has 1 atom stereocenters. The zero-order chi connectivity index (χ0) is 13.6. The summed E-state index contributed by atoms with van der Waals surface area (Å²) in [5.74, 6) is 0.200. The minimum Gasteiger partial charge on any atom is -0.344 e. The lowest BCUT2D eigenvalue weighted by Crippen LogP contribution is -2.38. The van der Waals surface area contributed by atoms with Gasteiger partial charge in [0.1, 0.15) is 0 Å². The van der Waals surface area contributed by atoms with Crippen molar-refractivity contribution < 1.29 is 4.79 Å². The van der Waals surface area contributed by atoms with E-state index >= 15 is 0 Å². The maximum atomic E-state index is 11.6. The Morgan fingerprint density at radius 1 is 1.53 bits per heavy atom. The lowest BCUT2D eigenvalue weighted by atomic mass is 10.1. The van der Waals surface area contributed by atoms with E-state index < -0.39 is 0 Å². The van der Waals surface area contributed by atoms with Crippen molar-refractivity contribution in [2.24, 2.45) is 0 Å². The fraction of sp³-hybridized carbons (Fsp3) is 0.462. The number of hydrogen-bond donors (Lipinski definition) is 1. The number of piperidine rings is 1. The van der Waals surface area contributed by atoms with Crippen molar-refractivity contribution in [2.75, 3.05) is 13.6 Å². The Balaban J connectivity index is 2.08. The number of likely N-dealkylation sites (N-methyl/N-ethyl adjacent to an activating group) is 1. The smallest absolute Gasteiger partial charge is 0.222 e. The normalized spacial score (nSPS) is 20.2. The van der Waals surface area contributed by atoms with E-state index in [1.54, 1.807) is 4.90 Å². The van der Waals surface area contributed by atoms with E-state index in [1.807, 2.05) is 30.8 Å². The molecule has 2 aromatic heterocycles. The van der Waals surface area contributed by atoms with Crippen LogP contribution in [0.4, 0.5) is 0 Å². The Morgan fingerprint density at radius 2 is 2.32 bits per heavy atom. The molecule has 1 aliphatic rings. The number of fused-ring (bicyclic) bond motifs is 1. The van der Waals surface area contributed by atoms with Gasteiger partial charge in [0.25, 0.3) is 0 Å². The Bertz CT molecular complexity index is 702. The van der Waals surface area contributed by atoms with Gasteiger partial charge in [0, 0.05) is 26.2 Å². The molecular formula is C13H16N4OS. The zero-order valence-corrected chi connectivity index (χ0v) is 11.8. The lowest BCUT2D eigenvalue weighted by Gasteiger charge is -2.30. The largest absolute Gasteiger partial charge is 0.344 e. The van der Waals surface area contributed by atoms with Crippen LogP contribution in [0, 0.1) is 11.7 Å². The van der Waals surface area contributed by atoms with E-state index in [0.717, 1.165) is 23.1 Å². The summed E-state index contributed by atoms with van der Waals surface area (Å²) in [6, 6.07) is 2.26. The predicted molar refractivity (Wildman–Crippen MR) is 75.6 cm³/mol. The average Bonchev–Trinajstić information content (AvgIpc) is 2.68. The summed E-state index contributed by atoms with van der Waals surface area (Å²) in [5.41, 5.74) is 2.94. The average molecular weight is 276 g/mol. The number of carbonyl (C=O) groups is 1. The SMILES string of the molecule is Cc1cnc2c(c1)[nH]c(=S)n2C1CCC(=O)N(C)C1. The fourth-order valence-electron chi connectivity index (χ4n) is 2.66. The van der Waals surface area contributed by atoms with E-state index in [1.165, 1.54) is 0 Å². The van der Waals surface area contributed by atoms with E-state index in [9.17, 15) is 4.79 Å². The van der Waals surface area contributed by atoms with Gasteiger partial charge in [-0.1, -0.05) is 0 Å². The second-order valence-corrected chi connectivity index (χ2v) is 5.54. The number of aryl methyl sites for hydroxylation is 1. The van der Waals surface area contributed by atoms with Gasteiger partial charge in [-0.2, -0.15) is 0 Å². The van der Waals surface area contributed by atoms with Crippen LogP contribution in [-0.2, 0) is 4.79 Å². The van der Waals surface area contributed by atoms with Crippen LogP contribution in [0.15, 0.2) is 12.3 Å². The quantitative estimate of drug-likeness (QED) is 0.812. The molecule has 3 heterocycles. The van der Waals surface area contributed by atoms with Crippen LogP contribution in [0.2, 0.25) is 0 Å². The molecule has 0 aromatic carbocycles. The first-order chi connectivity index (χ1) is 9.06. The summed E-state index contributed by atoms with van der Waals surface area (Å²) < 4.78 is 2.73. The number of aromatic amines is 1. The van der Waals surface area contributed by atoms with Crippen LogP contribution in [-0.4, -0.2) is 38.9 Å². The molecule has 1 unspecified atom stereocenters. The Hall–Kier alpha value is -1.69. The number of likely N-dealkylation sites (tertiary alicyclic amines) is 1. The van der Waals surface area contributed by atoms with Crippen molar-refractivity contribution in [1.82, 2.24) is 19.4 Å². The Labute approximate surface area is 116 Å². The van der Waals surface area contributed by atoms with Gasteiger partial charge < -0.3 is 9.88 Å². The summed E-state index contributed by atoms with van der Waals surface area (Å²) in [5, 5.41) is 0. The third kappa shape index (κ3) is 2.06. The maximum Gasteiger partial charge on any atom is 0.222 e. The highest BCUT2D eigenvalue weighted by Gasteiger charge is 2.26. The number of imidazole rings is 1. The highest BCUT2D eigenvalue weighted by molar-refractivity contribution is 7.71. The number of nitrogens with zero attached hydrogens (tertiary/aromatic N) is 3. The van der Waals surface area contributed by atoms with Crippen molar-refractivity contribution in [3.05, 3.63) is 22.6 Å². The second kappa shape index (κ2) is 4.45. The van der Waals surface area contributed by atoms with Crippen LogP contribution in [0.3, 0.4) is 0 Å². The molecule has 0 radical (unpaired) electrons. The second-order valence-electron chi connectivity index (χ2n) is 5.15. The molecule has 0 aliphatic carbocycles. The molecule has 1 fully saturated rings. The molecule has 6 heteroatoms. The van der Waals surface area contributed by atoms with E-state index in [-0.39, 0.29) is 11.9 Å². The minimum atomic E-state index is 0.200. The number of H-pyrrole nitrogens is 1. The number of carbonyl (C=O) groups excluding carboxylic acids is 1. The fourth-order valence-corrected chi connectivity index (χ4v) is 3.00. The van der Waals surface area contributed by atoms with Gasteiger partial charge in [-0.05, 0) is 37.2 Å². The molecule has 1 aliphatic heterocycles. The van der Waals surface area contributed by atoms with Gasteiger partial charge in [0.05, 0.1) is 11.6 Å². The van der Waals surface area contributed by atoms with Crippen LogP contribution >= 0.6 is 12.2 Å². The number of hydrogen-bond acceptors (Lipinski definition) is 3. The highest BCUT2D eigenvalue weighted by atomic mass is 32.1. The van der Waals surface area contributed by atoms with Gasteiger partial charge in [-0.25, -0.2) is 4.98 Å². The van der Waals surface area contributed by atoms with Crippen molar-refractivity contribution in [3.63, 3.8) is 0 Å². The third-order valence-corrected chi connectivity index (χ3v) is 3.96. The lowest BCUT2D eigenvalue weighted by molar-refractivity contribution is -0.132. The van der Waals surface area contributed by atoms with Crippen molar-refractivity contribution in [2.45, 2.75) is 25.8 Å². The molecule has 1 amide bonds. The summed E-state index contributed by atoms with van der Waals surface area (Å²) in [7, 11) is 1.84. The number of nitrogens with one attached hydrogen (secondary N) is 1. The molecule has 0 bridgehead atoms.